The van der Waals surface area contributed by atoms with Crippen LogP contribution in [-0.2, 0) is 11.2 Å². The standard InChI is InChI=1S/C15H21NO2/c1-11-10-16(8-9-18-11)14-7-6-12-4-2-3-5-13(12)15(14)17/h2-5,11,14-15,17H,6-10H2,1H3. The fourth-order valence-corrected chi connectivity index (χ4v) is 3.25. The molecular formula is C15H21NO2. The molecule has 1 aromatic rings. The van der Waals surface area contributed by atoms with Crippen LogP contribution < -0.4 is 0 Å². The zero-order valence-corrected chi connectivity index (χ0v) is 10.9. The Balaban J connectivity index is 1.79. The van der Waals surface area contributed by atoms with Crippen molar-refractivity contribution >= 4 is 0 Å². The van der Waals surface area contributed by atoms with Crippen molar-refractivity contribution in [3.05, 3.63) is 35.4 Å². The molecule has 3 heteroatoms. The second-order valence-corrected chi connectivity index (χ2v) is 5.43. The number of nitrogens with zero attached hydrogens (tertiary/aromatic N) is 1. The van der Waals surface area contributed by atoms with Gasteiger partial charge in [-0.2, -0.15) is 0 Å². The molecule has 18 heavy (non-hydrogen) atoms. The molecule has 0 spiro atoms. The van der Waals surface area contributed by atoms with Gasteiger partial charge in [-0.05, 0) is 30.9 Å². The molecule has 2 aliphatic rings. The highest BCUT2D eigenvalue weighted by molar-refractivity contribution is 5.32. The van der Waals surface area contributed by atoms with Gasteiger partial charge in [0.25, 0.3) is 0 Å². The number of ether oxygens (including phenoxy) is 1. The maximum atomic E-state index is 10.6. The lowest BCUT2D eigenvalue weighted by molar-refractivity contribution is -0.0624. The monoisotopic (exact) mass is 247 g/mol. The van der Waals surface area contributed by atoms with E-state index in [1.54, 1.807) is 0 Å². The van der Waals surface area contributed by atoms with Crippen LogP contribution in [0.4, 0.5) is 0 Å². The molecule has 3 rings (SSSR count). The van der Waals surface area contributed by atoms with Crippen LogP contribution in [0.25, 0.3) is 0 Å². The number of rotatable bonds is 1. The molecule has 1 aliphatic carbocycles. The molecule has 1 aliphatic heterocycles. The smallest absolute Gasteiger partial charge is 0.0947 e. The molecule has 1 N–H and O–H groups in total. The lowest BCUT2D eigenvalue weighted by Gasteiger charge is -2.42. The van der Waals surface area contributed by atoms with Crippen molar-refractivity contribution in [2.45, 2.75) is 38.0 Å². The summed E-state index contributed by atoms with van der Waals surface area (Å²) in [6, 6.07) is 8.54. The van der Waals surface area contributed by atoms with Crippen LogP contribution >= 0.6 is 0 Å². The number of benzene rings is 1. The first-order valence-electron chi connectivity index (χ1n) is 6.87. The van der Waals surface area contributed by atoms with E-state index in [1.165, 1.54) is 5.56 Å². The van der Waals surface area contributed by atoms with E-state index in [0.717, 1.165) is 38.1 Å². The molecule has 0 bridgehead atoms. The largest absolute Gasteiger partial charge is 0.387 e. The highest BCUT2D eigenvalue weighted by Gasteiger charge is 2.33. The number of hydrogen-bond donors (Lipinski definition) is 1. The molecule has 0 radical (unpaired) electrons. The fraction of sp³-hybridized carbons (Fsp3) is 0.600. The number of aliphatic hydroxyl groups excluding tert-OH is 1. The predicted octanol–water partition coefficient (Wildman–Crippen LogP) is 1.76. The van der Waals surface area contributed by atoms with Crippen LogP contribution in [0.2, 0.25) is 0 Å². The minimum absolute atomic E-state index is 0.256. The second kappa shape index (κ2) is 5.00. The van der Waals surface area contributed by atoms with Crippen LogP contribution in [0.1, 0.15) is 30.6 Å². The summed E-state index contributed by atoms with van der Waals surface area (Å²) >= 11 is 0. The van der Waals surface area contributed by atoms with Gasteiger partial charge in [-0.1, -0.05) is 24.3 Å². The highest BCUT2D eigenvalue weighted by atomic mass is 16.5. The van der Waals surface area contributed by atoms with Crippen molar-refractivity contribution in [3.8, 4) is 0 Å². The lowest BCUT2D eigenvalue weighted by atomic mass is 9.85. The lowest BCUT2D eigenvalue weighted by Crippen LogP contribution is -2.50. The van der Waals surface area contributed by atoms with Gasteiger partial charge in [0.05, 0.1) is 18.8 Å². The SMILES string of the molecule is CC1CN(C2CCc3ccccc3C2O)CCO1. The average Bonchev–Trinajstić information content (AvgIpc) is 2.39. The topological polar surface area (TPSA) is 32.7 Å². The molecule has 0 aromatic heterocycles. The number of aryl methyl sites for hydroxylation is 1. The van der Waals surface area contributed by atoms with E-state index in [2.05, 4.69) is 30.0 Å². The number of fused-ring (bicyclic) bond motifs is 1. The van der Waals surface area contributed by atoms with E-state index in [0.29, 0.717) is 0 Å². The van der Waals surface area contributed by atoms with Crippen molar-refractivity contribution in [1.29, 1.82) is 0 Å². The van der Waals surface area contributed by atoms with Gasteiger partial charge in [0, 0.05) is 19.1 Å². The van der Waals surface area contributed by atoms with E-state index in [1.807, 2.05) is 6.07 Å². The maximum Gasteiger partial charge on any atom is 0.0947 e. The van der Waals surface area contributed by atoms with Gasteiger partial charge < -0.3 is 9.84 Å². The molecule has 1 heterocycles. The Morgan fingerprint density at radius 2 is 2.17 bits per heavy atom. The molecule has 1 fully saturated rings. The summed E-state index contributed by atoms with van der Waals surface area (Å²) in [6.07, 6.45) is 2.05. The predicted molar refractivity (Wildman–Crippen MR) is 70.5 cm³/mol. The summed E-state index contributed by atoms with van der Waals surface area (Å²) in [6.45, 7) is 4.76. The van der Waals surface area contributed by atoms with Crippen molar-refractivity contribution in [2.24, 2.45) is 0 Å². The molecule has 3 atom stereocenters. The third kappa shape index (κ3) is 2.18. The van der Waals surface area contributed by atoms with Gasteiger partial charge in [0.15, 0.2) is 0 Å². The fourth-order valence-electron chi connectivity index (χ4n) is 3.25. The molecule has 98 valence electrons. The molecular weight excluding hydrogens is 226 g/mol. The summed E-state index contributed by atoms with van der Waals surface area (Å²) in [5.74, 6) is 0. The number of hydrogen-bond acceptors (Lipinski definition) is 3. The molecule has 0 saturated carbocycles. The summed E-state index contributed by atoms with van der Waals surface area (Å²) in [5, 5.41) is 10.6. The molecule has 3 nitrogen and oxygen atoms in total. The van der Waals surface area contributed by atoms with Gasteiger partial charge in [-0.25, -0.2) is 0 Å². The van der Waals surface area contributed by atoms with Gasteiger partial charge in [0.2, 0.25) is 0 Å². The van der Waals surface area contributed by atoms with Crippen LogP contribution in [0.15, 0.2) is 24.3 Å². The van der Waals surface area contributed by atoms with E-state index in [4.69, 9.17) is 4.74 Å². The zero-order valence-electron chi connectivity index (χ0n) is 10.9. The Hall–Kier alpha value is -0.900. The Kier molecular flexibility index (Phi) is 3.37. The van der Waals surface area contributed by atoms with Gasteiger partial charge in [-0.3, -0.25) is 4.90 Å². The van der Waals surface area contributed by atoms with Gasteiger partial charge in [-0.15, -0.1) is 0 Å². The highest BCUT2D eigenvalue weighted by Crippen LogP contribution is 2.33. The Morgan fingerprint density at radius 3 is 3.00 bits per heavy atom. The normalized spacial score (nSPS) is 33.1. The third-order valence-electron chi connectivity index (χ3n) is 4.19. The number of morpholine rings is 1. The van der Waals surface area contributed by atoms with Gasteiger partial charge >= 0.3 is 0 Å². The van der Waals surface area contributed by atoms with Gasteiger partial charge in [0.1, 0.15) is 0 Å². The van der Waals surface area contributed by atoms with Crippen molar-refractivity contribution < 1.29 is 9.84 Å². The Morgan fingerprint density at radius 1 is 1.33 bits per heavy atom. The Labute approximate surface area is 108 Å². The van der Waals surface area contributed by atoms with Crippen LogP contribution in [0.5, 0.6) is 0 Å². The van der Waals surface area contributed by atoms with E-state index in [9.17, 15) is 5.11 Å². The summed E-state index contributed by atoms with van der Waals surface area (Å²) in [5.41, 5.74) is 2.43. The summed E-state index contributed by atoms with van der Waals surface area (Å²) in [7, 11) is 0. The third-order valence-corrected chi connectivity index (χ3v) is 4.19. The van der Waals surface area contributed by atoms with E-state index < -0.39 is 0 Å². The van der Waals surface area contributed by atoms with Crippen molar-refractivity contribution in [2.75, 3.05) is 19.7 Å². The molecule has 0 amide bonds. The minimum atomic E-state index is -0.347. The zero-order chi connectivity index (χ0) is 12.5. The molecule has 1 saturated heterocycles. The molecule has 1 aromatic carbocycles. The summed E-state index contributed by atoms with van der Waals surface area (Å²) < 4.78 is 5.58. The first-order chi connectivity index (χ1) is 8.75. The van der Waals surface area contributed by atoms with Crippen LogP contribution in [-0.4, -0.2) is 41.8 Å². The minimum Gasteiger partial charge on any atom is -0.387 e. The first kappa shape index (κ1) is 12.2. The van der Waals surface area contributed by atoms with Crippen LogP contribution in [0.3, 0.4) is 0 Å². The average molecular weight is 247 g/mol. The summed E-state index contributed by atoms with van der Waals surface area (Å²) in [4.78, 5) is 2.40. The maximum absolute atomic E-state index is 10.6. The number of aliphatic hydroxyl groups is 1. The second-order valence-electron chi connectivity index (χ2n) is 5.43. The van der Waals surface area contributed by atoms with Crippen molar-refractivity contribution in [1.82, 2.24) is 4.90 Å². The van der Waals surface area contributed by atoms with Crippen LogP contribution in [0, 0.1) is 0 Å². The van der Waals surface area contributed by atoms with E-state index in [-0.39, 0.29) is 18.2 Å². The van der Waals surface area contributed by atoms with E-state index >= 15 is 0 Å². The molecule has 3 unspecified atom stereocenters. The quantitative estimate of drug-likeness (QED) is 0.820. The Bertz CT molecular complexity index is 421. The first-order valence-corrected chi connectivity index (χ1v) is 6.87. The van der Waals surface area contributed by atoms with Crippen molar-refractivity contribution in [3.63, 3.8) is 0 Å².